The fraction of sp³-hybridized carbons (Fsp3) is 0.526. The zero-order chi connectivity index (χ0) is 39.4. The molecule has 3 aromatic rings. The quantitative estimate of drug-likeness (QED) is 0.155. The number of pyridine rings is 2. The van der Waals surface area contributed by atoms with Gasteiger partial charge in [-0.25, -0.2) is 9.97 Å². The summed E-state index contributed by atoms with van der Waals surface area (Å²) in [6.07, 6.45) is 0. The van der Waals surface area contributed by atoms with Crippen LogP contribution in [-0.4, -0.2) is 104 Å². The highest BCUT2D eigenvalue weighted by molar-refractivity contribution is 6.07. The summed E-state index contributed by atoms with van der Waals surface area (Å²) in [5.41, 5.74) is -3.08. The summed E-state index contributed by atoms with van der Waals surface area (Å²) in [5, 5.41) is 1.15. The molecular formula is C38H50N4O10. The molecular weight excluding hydrogens is 672 g/mol. The second-order valence-electron chi connectivity index (χ2n) is 16.3. The average molecular weight is 723 g/mol. The molecule has 14 heteroatoms. The van der Waals surface area contributed by atoms with Gasteiger partial charge < -0.3 is 28.7 Å². The summed E-state index contributed by atoms with van der Waals surface area (Å²) >= 11 is 0. The molecule has 0 saturated heterocycles. The summed E-state index contributed by atoms with van der Waals surface area (Å²) in [5.74, 6) is -4.43. The highest BCUT2D eigenvalue weighted by Crippen LogP contribution is 2.25. The first kappa shape index (κ1) is 41.3. The number of benzene rings is 1. The van der Waals surface area contributed by atoms with E-state index in [2.05, 4.69) is 9.97 Å². The van der Waals surface area contributed by atoms with Crippen molar-refractivity contribution in [2.75, 3.05) is 26.2 Å². The number of carbonyl (C=O) groups excluding carboxylic acids is 6. The van der Waals surface area contributed by atoms with Crippen molar-refractivity contribution in [3.05, 3.63) is 47.8 Å². The fourth-order valence-corrected chi connectivity index (χ4v) is 4.85. The topological polar surface area (TPSA) is 172 Å². The SMILES string of the molecule is CC(C)(C)OC(=O)CN(CC(=O)OC(C)(C)C)C(=O)c1ccc2ccc3ccc(C(=O)N(CC(=O)OC(C)(C)C)CC(=O)OC(C)(C)C)nc3c2n1. The molecule has 0 spiro atoms. The van der Waals surface area contributed by atoms with Crippen molar-refractivity contribution in [3.63, 3.8) is 0 Å². The van der Waals surface area contributed by atoms with Crippen LogP contribution in [0.3, 0.4) is 0 Å². The molecule has 0 aliphatic rings. The normalized spacial score (nSPS) is 12.2. The van der Waals surface area contributed by atoms with E-state index in [0.29, 0.717) is 10.8 Å². The highest BCUT2D eigenvalue weighted by atomic mass is 16.6. The zero-order valence-corrected chi connectivity index (χ0v) is 32.2. The van der Waals surface area contributed by atoms with Crippen LogP contribution < -0.4 is 0 Å². The number of fused-ring (bicyclic) bond motifs is 3. The Kier molecular flexibility index (Phi) is 12.4. The number of amides is 2. The predicted octanol–water partition coefficient (Wildman–Crippen LogP) is 5.03. The Hall–Kier alpha value is -5.14. The van der Waals surface area contributed by atoms with E-state index in [1.54, 1.807) is 107 Å². The van der Waals surface area contributed by atoms with E-state index < -0.39 is 84.3 Å². The van der Waals surface area contributed by atoms with Gasteiger partial charge in [0.05, 0.1) is 11.0 Å². The van der Waals surface area contributed by atoms with Gasteiger partial charge in [0.15, 0.2) is 0 Å². The van der Waals surface area contributed by atoms with Crippen molar-refractivity contribution in [2.45, 2.75) is 105 Å². The molecule has 1 aromatic carbocycles. The van der Waals surface area contributed by atoms with Gasteiger partial charge in [0.1, 0.15) is 60.0 Å². The second kappa shape index (κ2) is 15.6. The van der Waals surface area contributed by atoms with Gasteiger partial charge in [-0.2, -0.15) is 0 Å². The molecule has 0 saturated carbocycles. The first-order valence-corrected chi connectivity index (χ1v) is 16.9. The minimum atomic E-state index is -0.839. The molecule has 0 aliphatic heterocycles. The Morgan fingerprint density at radius 2 is 0.673 bits per heavy atom. The van der Waals surface area contributed by atoms with Gasteiger partial charge in [-0.15, -0.1) is 0 Å². The molecule has 52 heavy (non-hydrogen) atoms. The Labute approximate surface area is 304 Å². The van der Waals surface area contributed by atoms with E-state index in [1.165, 1.54) is 12.1 Å². The molecule has 2 aromatic heterocycles. The number of ether oxygens (including phenoxy) is 4. The number of hydrogen-bond donors (Lipinski definition) is 0. The van der Waals surface area contributed by atoms with Crippen molar-refractivity contribution in [3.8, 4) is 0 Å². The largest absolute Gasteiger partial charge is 0.459 e. The number of nitrogens with zero attached hydrogens (tertiary/aromatic N) is 4. The minimum Gasteiger partial charge on any atom is -0.459 e. The molecule has 2 heterocycles. The summed E-state index contributed by atoms with van der Waals surface area (Å²) in [7, 11) is 0. The van der Waals surface area contributed by atoms with Gasteiger partial charge in [-0.1, -0.05) is 24.3 Å². The first-order chi connectivity index (χ1) is 23.7. The van der Waals surface area contributed by atoms with Crippen LogP contribution in [-0.2, 0) is 38.1 Å². The number of esters is 4. The molecule has 0 aliphatic carbocycles. The van der Waals surface area contributed by atoms with E-state index in [-0.39, 0.29) is 22.4 Å². The lowest BCUT2D eigenvalue weighted by atomic mass is 10.1. The third-order valence-electron chi connectivity index (χ3n) is 6.49. The predicted molar refractivity (Wildman–Crippen MR) is 192 cm³/mol. The van der Waals surface area contributed by atoms with Crippen LogP contribution in [0.25, 0.3) is 21.8 Å². The van der Waals surface area contributed by atoms with Crippen molar-refractivity contribution in [1.82, 2.24) is 19.8 Å². The average Bonchev–Trinajstić information content (AvgIpc) is 2.95. The summed E-state index contributed by atoms with van der Waals surface area (Å²) in [4.78, 5) is 90.1. The highest BCUT2D eigenvalue weighted by Gasteiger charge is 2.30. The summed E-state index contributed by atoms with van der Waals surface area (Å²) in [6, 6.07) is 9.68. The van der Waals surface area contributed by atoms with Crippen LogP contribution >= 0.6 is 0 Å². The van der Waals surface area contributed by atoms with Gasteiger partial charge in [0.2, 0.25) is 0 Å². The summed E-state index contributed by atoms with van der Waals surface area (Å²) < 4.78 is 21.6. The lowest BCUT2D eigenvalue weighted by Crippen LogP contribution is -2.43. The maximum atomic E-state index is 13.9. The third-order valence-corrected chi connectivity index (χ3v) is 6.49. The van der Waals surface area contributed by atoms with E-state index >= 15 is 0 Å². The van der Waals surface area contributed by atoms with Crippen molar-refractivity contribution < 1.29 is 47.7 Å². The van der Waals surface area contributed by atoms with Crippen LogP contribution in [0.15, 0.2) is 36.4 Å². The lowest BCUT2D eigenvalue weighted by Gasteiger charge is -2.26. The minimum absolute atomic E-state index is 0.109. The third kappa shape index (κ3) is 12.9. The molecule has 14 nitrogen and oxygen atoms in total. The number of hydrogen-bond acceptors (Lipinski definition) is 12. The van der Waals surface area contributed by atoms with Crippen LogP contribution in [0.4, 0.5) is 0 Å². The van der Waals surface area contributed by atoms with E-state index in [1.807, 2.05) is 0 Å². The van der Waals surface area contributed by atoms with Gasteiger partial charge in [0, 0.05) is 10.8 Å². The van der Waals surface area contributed by atoms with Gasteiger partial charge in [-0.05, 0) is 95.2 Å². The van der Waals surface area contributed by atoms with Crippen LogP contribution in [0.5, 0.6) is 0 Å². The number of rotatable bonds is 10. The molecule has 0 N–H and O–H groups in total. The van der Waals surface area contributed by atoms with Gasteiger partial charge in [-0.3, -0.25) is 28.8 Å². The molecule has 0 fully saturated rings. The Bertz CT molecular complexity index is 1670. The van der Waals surface area contributed by atoms with Gasteiger partial charge >= 0.3 is 23.9 Å². The fourth-order valence-electron chi connectivity index (χ4n) is 4.85. The Morgan fingerprint density at radius 3 is 0.904 bits per heavy atom. The maximum absolute atomic E-state index is 13.9. The summed E-state index contributed by atoms with van der Waals surface area (Å²) in [6.45, 7) is 18.0. The zero-order valence-electron chi connectivity index (χ0n) is 32.2. The molecule has 0 unspecified atom stereocenters. The Morgan fingerprint density at radius 1 is 0.442 bits per heavy atom. The molecule has 282 valence electrons. The van der Waals surface area contributed by atoms with Crippen LogP contribution in [0.1, 0.15) is 104 Å². The van der Waals surface area contributed by atoms with Gasteiger partial charge in [0.25, 0.3) is 11.8 Å². The smallest absolute Gasteiger partial charge is 0.326 e. The van der Waals surface area contributed by atoms with Crippen molar-refractivity contribution in [2.24, 2.45) is 0 Å². The van der Waals surface area contributed by atoms with Crippen LogP contribution in [0, 0.1) is 0 Å². The monoisotopic (exact) mass is 722 g/mol. The Balaban J connectivity index is 2.06. The number of carbonyl (C=O) groups is 6. The van der Waals surface area contributed by atoms with E-state index in [0.717, 1.165) is 9.80 Å². The van der Waals surface area contributed by atoms with Crippen molar-refractivity contribution >= 4 is 57.5 Å². The lowest BCUT2D eigenvalue weighted by molar-refractivity contribution is -0.160. The first-order valence-electron chi connectivity index (χ1n) is 16.9. The molecule has 2 amide bonds. The van der Waals surface area contributed by atoms with E-state index in [4.69, 9.17) is 18.9 Å². The molecule has 0 radical (unpaired) electrons. The van der Waals surface area contributed by atoms with Crippen LogP contribution in [0.2, 0.25) is 0 Å². The standard InChI is InChI=1S/C38H50N4O10/c1-35(2,3)49-27(43)19-41(20-28(44)50-36(4,5)6)33(47)25-17-15-23-13-14-24-16-18-26(40-32(24)31(23)39-25)34(48)42(21-29(45)51-37(7,8)9)22-30(46)52-38(10,11)12/h13-18H,19-22H2,1-12H3. The van der Waals surface area contributed by atoms with E-state index in [9.17, 15) is 28.8 Å². The number of aromatic nitrogens is 2. The second-order valence-corrected chi connectivity index (χ2v) is 16.3. The molecule has 3 rings (SSSR count). The molecule has 0 atom stereocenters. The van der Waals surface area contributed by atoms with Crippen molar-refractivity contribution in [1.29, 1.82) is 0 Å². The maximum Gasteiger partial charge on any atom is 0.326 e. The molecule has 0 bridgehead atoms.